The maximum Gasteiger partial charge on any atom is 0.351 e. The number of aliphatic carboxylic acids is 1. The molecule has 0 amide bonds. The van der Waals surface area contributed by atoms with Gasteiger partial charge in [0.05, 0.1) is 11.6 Å². The molecule has 1 aromatic rings. The SMILES string of the molecule is O=C(O)COC(=O)C1(Oc2cc(OC(=S)N3CCC(F)(F)C3)ccc2Cl)CC1. The van der Waals surface area contributed by atoms with Gasteiger partial charge in [0.2, 0.25) is 5.60 Å². The Kier molecular flexibility index (Phi) is 5.62. The van der Waals surface area contributed by atoms with E-state index >= 15 is 0 Å². The van der Waals surface area contributed by atoms with Gasteiger partial charge in [-0.1, -0.05) is 11.6 Å². The summed E-state index contributed by atoms with van der Waals surface area (Å²) in [6.45, 7) is -1.20. The van der Waals surface area contributed by atoms with Crippen molar-refractivity contribution in [2.75, 3.05) is 19.7 Å². The van der Waals surface area contributed by atoms with Crippen LogP contribution in [0.4, 0.5) is 8.78 Å². The highest BCUT2D eigenvalue weighted by Gasteiger charge is 2.55. The number of hydrogen-bond donors (Lipinski definition) is 1. The van der Waals surface area contributed by atoms with Gasteiger partial charge in [-0.25, -0.2) is 18.4 Å². The molecule has 0 radical (unpaired) electrons. The average molecular weight is 436 g/mol. The third kappa shape index (κ3) is 4.79. The Hall–Kier alpha value is -2.20. The van der Waals surface area contributed by atoms with E-state index in [9.17, 15) is 18.4 Å². The number of hydrogen-bond acceptors (Lipinski definition) is 6. The molecule has 0 spiro atoms. The molecule has 1 saturated heterocycles. The van der Waals surface area contributed by atoms with Crippen LogP contribution in [0.1, 0.15) is 19.3 Å². The monoisotopic (exact) mass is 435 g/mol. The molecule has 1 saturated carbocycles. The summed E-state index contributed by atoms with van der Waals surface area (Å²) in [5, 5.41) is 8.69. The molecule has 152 valence electrons. The first kappa shape index (κ1) is 20.5. The number of benzene rings is 1. The van der Waals surface area contributed by atoms with Crippen molar-refractivity contribution in [1.82, 2.24) is 4.90 Å². The van der Waals surface area contributed by atoms with E-state index in [0.29, 0.717) is 12.8 Å². The molecule has 1 aliphatic heterocycles. The molecule has 1 heterocycles. The Labute approximate surface area is 169 Å². The highest BCUT2D eigenvalue weighted by Crippen LogP contribution is 2.44. The number of ether oxygens (including phenoxy) is 3. The molecule has 1 N–H and O–H groups in total. The highest BCUT2D eigenvalue weighted by atomic mass is 35.5. The molecule has 3 rings (SSSR count). The lowest BCUT2D eigenvalue weighted by Crippen LogP contribution is -2.34. The van der Waals surface area contributed by atoms with Gasteiger partial charge in [-0.2, -0.15) is 0 Å². The maximum atomic E-state index is 13.3. The average Bonchev–Trinajstić information content (AvgIpc) is 3.31. The summed E-state index contributed by atoms with van der Waals surface area (Å²) in [7, 11) is 0. The minimum Gasteiger partial charge on any atom is -0.479 e. The molecular weight excluding hydrogens is 420 g/mol. The Bertz CT molecular complexity index is 817. The third-order valence-corrected chi connectivity index (χ3v) is 4.90. The summed E-state index contributed by atoms with van der Waals surface area (Å²) in [4.78, 5) is 23.9. The number of alkyl halides is 2. The summed E-state index contributed by atoms with van der Waals surface area (Å²) in [5.74, 6) is -4.57. The van der Waals surface area contributed by atoms with Crippen molar-refractivity contribution in [1.29, 1.82) is 0 Å². The van der Waals surface area contributed by atoms with E-state index in [1.807, 2.05) is 0 Å². The van der Waals surface area contributed by atoms with Crippen LogP contribution in [0.5, 0.6) is 11.5 Å². The molecule has 0 unspecified atom stereocenters. The summed E-state index contributed by atoms with van der Waals surface area (Å²) in [6.07, 6.45) is 0.384. The number of likely N-dealkylation sites (tertiary alicyclic amines) is 1. The van der Waals surface area contributed by atoms with E-state index in [1.165, 1.54) is 23.1 Å². The number of rotatable bonds is 6. The fourth-order valence-electron chi connectivity index (χ4n) is 2.61. The van der Waals surface area contributed by atoms with Crippen LogP contribution in [0.2, 0.25) is 5.02 Å². The zero-order chi connectivity index (χ0) is 20.5. The van der Waals surface area contributed by atoms with Gasteiger partial charge in [0.15, 0.2) is 6.61 Å². The van der Waals surface area contributed by atoms with Gasteiger partial charge in [0.1, 0.15) is 11.5 Å². The van der Waals surface area contributed by atoms with Crippen molar-refractivity contribution in [3.05, 3.63) is 23.2 Å². The third-order valence-electron chi connectivity index (χ3n) is 4.24. The number of carbonyl (C=O) groups excluding carboxylic acids is 1. The molecule has 0 bridgehead atoms. The summed E-state index contributed by atoms with van der Waals surface area (Å²) >= 11 is 11.2. The number of thiocarbonyl (C=S) groups is 1. The fraction of sp³-hybridized carbons (Fsp3) is 0.471. The quantitative estimate of drug-likeness (QED) is 0.539. The molecule has 28 heavy (non-hydrogen) atoms. The van der Waals surface area contributed by atoms with Crippen molar-refractivity contribution < 1.29 is 37.7 Å². The van der Waals surface area contributed by atoms with Crippen LogP contribution in [0.25, 0.3) is 0 Å². The van der Waals surface area contributed by atoms with Crippen LogP contribution in [-0.2, 0) is 14.3 Å². The zero-order valence-electron chi connectivity index (χ0n) is 14.5. The largest absolute Gasteiger partial charge is 0.479 e. The van der Waals surface area contributed by atoms with Gasteiger partial charge in [0, 0.05) is 31.9 Å². The van der Waals surface area contributed by atoms with Crippen molar-refractivity contribution in [3.8, 4) is 11.5 Å². The second kappa shape index (κ2) is 7.67. The standard InChI is InChI=1S/C17H16ClF2NO6S/c18-11-2-1-10(26-15(28)21-6-5-17(19,20)9-21)7-12(11)27-16(3-4-16)14(24)25-8-13(22)23/h1-2,7H,3-6,8-9H2,(H,22,23). The van der Waals surface area contributed by atoms with Crippen molar-refractivity contribution in [2.24, 2.45) is 0 Å². The minimum absolute atomic E-state index is 0.0846. The topological polar surface area (TPSA) is 85.3 Å². The van der Waals surface area contributed by atoms with Gasteiger partial charge in [-0.05, 0) is 24.4 Å². The first-order valence-electron chi connectivity index (χ1n) is 8.32. The van der Waals surface area contributed by atoms with Gasteiger partial charge >= 0.3 is 11.9 Å². The molecule has 1 aliphatic carbocycles. The van der Waals surface area contributed by atoms with Gasteiger partial charge < -0.3 is 24.2 Å². The molecule has 0 atom stereocenters. The first-order chi connectivity index (χ1) is 13.1. The normalized spacial score (nSPS) is 19.0. The number of nitrogens with zero attached hydrogens (tertiary/aromatic N) is 1. The van der Waals surface area contributed by atoms with Crippen LogP contribution in [-0.4, -0.2) is 58.3 Å². The van der Waals surface area contributed by atoms with E-state index in [2.05, 4.69) is 4.74 Å². The number of halogens is 3. The van der Waals surface area contributed by atoms with E-state index in [4.69, 9.17) is 38.4 Å². The van der Waals surface area contributed by atoms with Crippen LogP contribution in [0, 0.1) is 0 Å². The second-order valence-electron chi connectivity index (χ2n) is 6.55. The summed E-state index contributed by atoms with van der Waals surface area (Å²) in [5.41, 5.74) is -1.30. The Morgan fingerprint density at radius 1 is 1.29 bits per heavy atom. The Morgan fingerprint density at radius 2 is 2.00 bits per heavy atom. The Balaban J connectivity index is 1.66. The summed E-state index contributed by atoms with van der Waals surface area (Å²) < 4.78 is 42.4. The van der Waals surface area contributed by atoms with Crippen molar-refractivity contribution >= 4 is 40.9 Å². The predicted octanol–water partition coefficient (Wildman–Crippen LogP) is 2.88. The van der Waals surface area contributed by atoms with E-state index in [1.54, 1.807) is 0 Å². The maximum absolute atomic E-state index is 13.3. The molecular formula is C17H16ClF2NO6S. The van der Waals surface area contributed by atoms with Crippen molar-refractivity contribution in [2.45, 2.75) is 30.8 Å². The first-order valence-corrected chi connectivity index (χ1v) is 9.11. The lowest BCUT2D eigenvalue weighted by Gasteiger charge is -2.20. The fourth-order valence-corrected chi connectivity index (χ4v) is 3.02. The molecule has 0 aromatic heterocycles. The molecule has 2 aliphatic rings. The highest BCUT2D eigenvalue weighted by molar-refractivity contribution is 7.80. The lowest BCUT2D eigenvalue weighted by atomic mass is 10.3. The predicted molar refractivity (Wildman–Crippen MR) is 97.0 cm³/mol. The second-order valence-corrected chi connectivity index (χ2v) is 7.31. The molecule has 2 fully saturated rings. The van der Waals surface area contributed by atoms with Gasteiger partial charge in [-0.15, -0.1) is 0 Å². The number of esters is 1. The molecule has 7 nitrogen and oxygen atoms in total. The van der Waals surface area contributed by atoms with E-state index in [-0.39, 0.29) is 34.7 Å². The lowest BCUT2D eigenvalue weighted by molar-refractivity contribution is -0.162. The van der Waals surface area contributed by atoms with E-state index < -0.39 is 36.6 Å². The minimum atomic E-state index is -2.81. The van der Waals surface area contributed by atoms with Crippen LogP contribution < -0.4 is 9.47 Å². The van der Waals surface area contributed by atoms with Crippen LogP contribution in [0.15, 0.2) is 18.2 Å². The molecule has 1 aromatic carbocycles. The van der Waals surface area contributed by atoms with Crippen molar-refractivity contribution in [3.63, 3.8) is 0 Å². The molecule has 11 heteroatoms. The van der Waals surface area contributed by atoms with Gasteiger partial charge in [-0.3, -0.25) is 0 Å². The number of carboxylic acid groups (broad SMARTS) is 1. The van der Waals surface area contributed by atoms with E-state index in [0.717, 1.165) is 0 Å². The summed E-state index contributed by atoms with van der Waals surface area (Å²) in [6, 6.07) is 4.32. The Morgan fingerprint density at radius 3 is 2.57 bits per heavy atom. The van der Waals surface area contributed by atoms with Gasteiger partial charge in [0.25, 0.3) is 11.1 Å². The zero-order valence-corrected chi connectivity index (χ0v) is 16.0. The number of carbonyl (C=O) groups is 2. The number of carboxylic acids is 1. The van der Waals surface area contributed by atoms with Crippen LogP contribution in [0.3, 0.4) is 0 Å². The smallest absolute Gasteiger partial charge is 0.351 e. The van der Waals surface area contributed by atoms with Crippen LogP contribution >= 0.6 is 23.8 Å².